The van der Waals surface area contributed by atoms with Gasteiger partial charge in [-0.1, -0.05) is 36.0 Å². The Morgan fingerprint density at radius 1 is 1.37 bits per heavy atom. The lowest BCUT2D eigenvalue weighted by atomic mass is 10.0. The van der Waals surface area contributed by atoms with Crippen molar-refractivity contribution in [3.05, 3.63) is 40.4 Å². The van der Waals surface area contributed by atoms with Crippen molar-refractivity contribution in [3.8, 4) is 5.75 Å². The standard InChI is InChI=1S/C14H19N3OS/c1-3-6-12-14(19-17-16-12)11(15)9-10-7-4-5-8-13(10)18-2/h4-5,7-8,11H,3,6,9,15H2,1-2H3. The van der Waals surface area contributed by atoms with Gasteiger partial charge in [0.05, 0.1) is 17.7 Å². The van der Waals surface area contributed by atoms with Crippen molar-refractivity contribution in [2.75, 3.05) is 7.11 Å². The van der Waals surface area contributed by atoms with Crippen LogP contribution in [0.3, 0.4) is 0 Å². The van der Waals surface area contributed by atoms with E-state index in [-0.39, 0.29) is 6.04 Å². The van der Waals surface area contributed by atoms with Gasteiger partial charge in [0.25, 0.3) is 0 Å². The van der Waals surface area contributed by atoms with Crippen LogP contribution in [0.5, 0.6) is 5.75 Å². The predicted octanol–water partition coefficient (Wildman–Crippen LogP) is 2.74. The highest BCUT2D eigenvalue weighted by atomic mass is 32.1. The second-order valence-electron chi connectivity index (χ2n) is 4.46. The van der Waals surface area contributed by atoms with Gasteiger partial charge < -0.3 is 10.5 Å². The maximum absolute atomic E-state index is 6.30. The SMILES string of the molecule is CCCc1nnsc1C(N)Cc1ccccc1OC. The van der Waals surface area contributed by atoms with Crippen LogP contribution in [0.4, 0.5) is 0 Å². The Morgan fingerprint density at radius 3 is 2.89 bits per heavy atom. The third-order valence-electron chi connectivity index (χ3n) is 3.04. The molecule has 2 aromatic rings. The molecule has 1 aromatic carbocycles. The molecular formula is C14H19N3OS. The van der Waals surface area contributed by atoms with Crippen LogP contribution in [0.2, 0.25) is 0 Å². The first-order valence-electron chi connectivity index (χ1n) is 6.44. The number of hydrogen-bond acceptors (Lipinski definition) is 5. The summed E-state index contributed by atoms with van der Waals surface area (Å²) in [6.07, 6.45) is 2.73. The van der Waals surface area contributed by atoms with Gasteiger partial charge in [-0.25, -0.2) is 0 Å². The zero-order chi connectivity index (χ0) is 13.7. The molecule has 0 saturated heterocycles. The molecule has 0 fully saturated rings. The number of benzene rings is 1. The second kappa shape index (κ2) is 6.63. The minimum absolute atomic E-state index is 0.0714. The van der Waals surface area contributed by atoms with Crippen molar-refractivity contribution < 1.29 is 4.74 Å². The molecule has 0 aliphatic carbocycles. The smallest absolute Gasteiger partial charge is 0.122 e. The highest BCUT2D eigenvalue weighted by Crippen LogP contribution is 2.26. The summed E-state index contributed by atoms with van der Waals surface area (Å²) in [5, 5.41) is 4.17. The molecule has 2 N–H and O–H groups in total. The summed E-state index contributed by atoms with van der Waals surface area (Å²) in [5.74, 6) is 0.882. The monoisotopic (exact) mass is 277 g/mol. The summed E-state index contributed by atoms with van der Waals surface area (Å²) < 4.78 is 9.38. The average Bonchev–Trinajstić information content (AvgIpc) is 2.88. The first-order valence-corrected chi connectivity index (χ1v) is 7.22. The Labute approximate surface area is 117 Å². The van der Waals surface area contributed by atoms with Crippen molar-refractivity contribution >= 4 is 11.5 Å². The summed E-state index contributed by atoms with van der Waals surface area (Å²) in [6, 6.07) is 7.90. The van der Waals surface area contributed by atoms with Crippen LogP contribution in [0.25, 0.3) is 0 Å². The van der Waals surface area contributed by atoms with Gasteiger partial charge in [-0.15, -0.1) is 5.10 Å². The number of rotatable bonds is 6. The lowest BCUT2D eigenvalue weighted by Crippen LogP contribution is -2.14. The topological polar surface area (TPSA) is 61.0 Å². The molecule has 0 saturated carbocycles. The lowest BCUT2D eigenvalue weighted by molar-refractivity contribution is 0.408. The predicted molar refractivity (Wildman–Crippen MR) is 77.5 cm³/mol. The fraction of sp³-hybridized carbons (Fsp3) is 0.429. The van der Waals surface area contributed by atoms with Crippen molar-refractivity contribution in [1.82, 2.24) is 9.59 Å². The molecule has 5 heteroatoms. The number of aromatic nitrogens is 2. The third-order valence-corrected chi connectivity index (χ3v) is 3.94. The average molecular weight is 277 g/mol. The normalized spacial score (nSPS) is 12.4. The van der Waals surface area contributed by atoms with E-state index in [1.165, 1.54) is 11.5 Å². The Balaban J connectivity index is 2.16. The number of para-hydroxylation sites is 1. The van der Waals surface area contributed by atoms with Crippen LogP contribution in [0.1, 0.15) is 35.5 Å². The number of aryl methyl sites for hydroxylation is 1. The van der Waals surface area contributed by atoms with E-state index in [1.54, 1.807) is 7.11 Å². The molecule has 0 aliphatic heterocycles. The van der Waals surface area contributed by atoms with E-state index >= 15 is 0 Å². The highest BCUT2D eigenvalue weighted by molar-refractivity contribution is 7.05. The third kappa shape index (κ3) is 3.30. The van der Waals surface area contributed by atoms with Crippen LogP contribution in [0, 0.1) is 0 Å². The molecule has 1 aromatic heterocycles. The summed E-state index contributed by atoms with van der Waals surface area (Å²) in [5.41, 5.74) is 8.46. The van der Waals surface area contributed by atoms with E-state index in [9.17, 15) is 0 Å². The Morgan fingerprint density at radius 2 is 2.16 bits per heavy atom. The largest absolute Gasteiger partial charge is 0.496 e. The second-order valence-corrected chi connectivity index (χ2v) is 5.24. The van der Waals surface area contributed by atoms with E-state index in [0.717, 1.165) is 41.1 Å². The first-order chi connectivity index (χ1) is 9.26. The van der Waals surface area contributed by atoms with Crippen LogP contribution < -0.4 is 10.5 Å². The summed E-state index contributed by atoms with van der Waals surface area (Å²) in [7, 11) is 1.68. The van der Waals surface area contributed by atoms with Crippen LogP contribution in [-0.4, -0.2) is 16.7 Å². The molecule has 19 heavy (non-hydrogen) atoms. The van der Waals surface area contributed by atoms with Gasteiger partial charge in [0, 0.05) is 6.04 Å². The van der Waals surface area contributed by atoms with Crippen molar-refractivity contribution in [1.29, 1.82) is 0 Å². The molecule has 1 unspecified atom stereocenters. The zero-order valence-electron chi connectivity index (χ0n) is 11.3. The fourth-order valence-corrected chi connectivity index (χ4v) is 2.80. The molecule has 0 amide bonds. The van der Waals surface area contributed by atoms with Gasteiger partial charge in [-0.3, -0.25) is 0 Å². The van der Waals surface area contributed by atoms with Gasteiger partial charge in [-0.05, 0) is 36.0 Å². The molecule has 0 radical (unpaired) electrons. The van der Waals surface area contributed by atoms with Gasteiger partial charge in [0.1, 0.15) is 5.75 Å². The summed E-state index contributed by atoms with van der Waals surface area (Å²) >= 11 is 1.40. The first kappa shape index (κ1) is 14.0. The minimum Gasteiger partial charge on any atom is -0.496 e. The molecule has 0 aliphatic rings. The molecule has 0 spiro atoms. The van der Waals surface area contributed by atoms with Crippen molar-refractivity contribution in [2.24, 2.45) is 5.73 Å². The summed E-state index contributed by atoms with van der Waals surface area (Å²) in [4.78, 5) is 1.09. The van der Waals surface area contributed by atoms with Crippen LogP contribution in [-0.2, 0) is 12.8 Å². The number of ether oxygens (including phenoxy) is 1. The van der Waals surface area contributed by atoms with E-state index in [0.29, 0.717) is 0 Å². The highest BCUT2D eigenvalue weighted by Gasteiger charge is 2.17. The Kier molecular flexibility index (Phi) is 4.87. The fourth-order valence-electron chi connectivity index (χ4n) is 2.11. The van der Waals surface area contributed by atoms with E-state index in [2.05, 4.69) is 16.5 Å². The number of nitrogens with zero attached hydrogens (tertiary/aromatic N) is 2. The van der Waals surface area contributed by atoms with Crippen molar-refractivity contribution in [3.63, 3.8) is 0 Å². The Bertz CT molecular complexity index is 527. The number of hydrogen-bond donors (Lipinski definition) is 1. The van der Waals surface area contributed by atoms with Gasteiger partial charge >= 0.3 is 0 Å². The van der Waals surface area contributed by atoms with Crippen LogP contribution in [0.15, 0.2) is 24.3 Å². The van der Waals surface area contributed by atoms with Gasteiger partial charge in [-0.2, -0.15) is 0 Å². The molecule has 0 bridgehead atoms. The van der Waals surface area contributed by atoms with Crippen LogP contribution >= 0.6 is 11.5 Å². The maximum atomic E-state index is 6.30. The zero-order valence-corrected chi connectivity index (χ0v) is 12.1. The molecule has 4 nitrogen and oxygen atoms in total. The van der Waals surface area contributed by atoms with E-state index in [4.69, 9.17) is 10.5 Å². The molecule has 1 atom stereocenters. The lowest BCUT2D eigenvalue weighted by Gasteiger charge is -2.13. The van der Waals surface area contributed by atoms with Gasteiger partial charge in [0.2, 0.25) is 0 Å². The maximum Gasteiger partial charge on any atom is 0.122 e. The Hall–Kier alpha value is -1.46. The molecular weight excluding hydrogens is 258 g/mol. The molecule has 2 rings (SSSR count). The minimum atomic E-state index is -0.0714. The van der Waals surface area contributed by atoms with Gasteiger partial charge in [0.15, 0.2) is 0 Å². The molecule has 1 heterocycles. The number of nitrogens with two attached hydrogens (primary N) is 1. The van der Waals surface area contributed by atoms with E-state index in [1.807, 2.05) is 24.3 Å². The number of methoxy groups -OCH3 is 1. The van der Waals surface area contributed by atoms with E-state index < -0.39 is 0 Å². The molecule has 102 valence electrons. The summed E-state index contributed by atoms with van der Waals surface area (Å²) in [6.45, 7) is 2.13. The quantitative estimate of drug-likeness (QED) is 0.882. The van der Waals surface area contributed by atoms with Crippen molar-refractivity contribution in [2.45, 2.75) is 32.2 Å².